The highest BCUT2D eigenvalue weighted by Gasteiger charge is 2.50. The van der Waals surface area contributed by atoms with Crippen molar-refractivity contribution >= 4 is 17.6 Å². The molecule has 0 saturated heterocycles. The van der Waals surface area contributed by atoms with Gasteiger partial charge in [0, 0.05) is 11.6 Å². The molecule has 1 aromatic heterocycles. The number of rotatable bonds is 7. The number of benzene rings is 1. The molecule has 5 fully saturated rings. The van der Waals surface area contributed by atoms with Crippen molar-refractivity contribution in [1.82, 2.24) is 9.97 Å². The number of hydrogen-bond acceptors (Lipinski definition) is 3. The molecule has 4 bridgehead atoms. The van der Waals surface area contributed by atoms with Crippen LogP contribution in [-0.2, 0) is 6.42 Å². The van der Waals surface area contributed by atoms with Gasteiger partial charge in [-0.3, -0.25) is 4.79 Å². The van der Waals surface area contributed by atoms with Gasteiger partial charge in [-0.15, -0.1) is 0 Å². The number of aromatic carboxylic acids is 1. The SMILES string of the molecule is O=C(O)c1ccc(F)c(NC(=O)c2nc(C3CCCCC3)[nH]c2CCC23CC4CC(CC(C4)C2)C3)c1. The van der Waals surface area contributed by atoms with Crippen LogP contribution >= 0.6 is 0 Å². The Morgan fingerprint density at radius 3 is 2.36 bits per heavy atom. The Labute approximate surface area is 211 Å². The van der Waals surface area contributed by atoms with Gasteiger partial charge in [0.1, 0.15) is 17.3 Å². The maximum absolute atomic E-state index is 14.4. The van der Waals surface area contributed by atoms with Gasteiger partial charge in [-0.05, 0) is 106 Å². The van der Waals surface area contributed by atoms with Gasteiger partial charge in [0.2, 0.25) is 0 Å². The van der Waals surface area contributed by atoms with Crippen molar-refractivity contribution in [3.8, 4) is 0 Å². The topological polar surface area (TPSA) is 95.1 Å². The summed E-state index contributed by atoms with van der Waals surface area (Å²) in [5, 5.41) is 11.9. The van der Waals surface area contributed by atoms with E-state index >= 15 is 0 Å². The Kier molecular flexibility index (Phi) is 6.12. The van der Waals surface area contributed by atoms with E-state index < -0.39 is 17.7 Å². The summed E-state index contributed by atoms with van der Waals surface area (Å²) in [5.74, 6) is 1.53. The van der Waals surface area contributed by atoms with Crippen LogP contribution in [0.3, 0.4) is 0 Å². The number of aromatic nitrogens is 2. The lowest BCUT2D eigenvalue weighted by Gasteiger charge is -2.57. The summed E-state index contributed by atoms with van der Waals surface area (Å²) in [7, 11) is 0. The van der Waals surface area contributed by atoms with E-state index in [1.54, 1.807) is 0 Å². The highest BCUT2D eigenvalue weighted by Crippen LogP contribution is 2.61. The Bertz CT molecular complexity index is 1130. The zero-order valence-electron chi connectivity index (χ0n) is 20.8. The van der Waals surface area contributed by atoms with Crippen molar-refractivity contribution in [3.63, 3.8) is 0 Å². The van der Waals surface area contributed by atoms with E-state index in [-0.39, 0.29) is 11.3 Å². The molecule has 5 saturated carbocycles. The average molecular weight is 494 g/mol. The summed E-state index contributed by atoms with van der Waals surface area (Å²) < 4.78 is 14.4. The van der Waals surface area contributed by atoms with Gasteiger partial charge in [-0.25, -0.2) is 14.2 Å². The molecule has 0 unspecified atom stereocenters. The van der Waals surface area contributed by atoms with Gasteiger partial charge >= 0.3 is 5.97 Å². The molecule has 0 atom stereocenters. The smallest absolute Gasteiger partial charge is 0.335 e. The van der Waals surface area contributed by atoms with Crippen LogP contribution in [0.5, 0.6) is 0 Å². The number of nitrogens with one attached hydrogen (secondary N) is 2. The number of nitrogens with zero attached hydrogens (tertiary/aromatic N) is 1. The summed E-state index contributed by atoms with van der Waals surface area (Å²) in [5.41, 5.74) is 1.37. The van der Waals surface area contributed by atoms with E-state index in [2.05, 4.69) is 10.3 Å². The number of halogens is 1. The van der Waals surface area contributed by atoms with Gasteiger partial charge in [-0.2, -0.15) is 0 Å². The van der Waals surface area contributed by atoms with Gasteiger partial charge in [0.05, 0.1) is 11.3 Å². The Morgan fingerprint density at radius 2 is 1.72 bits per heavy atom. The molecule has 3 N–H and O–H groups in total. The van der Waals surface area contributed by atoms with Gasteiger partial charge in [0.15, 0.2) is 0 Å². The van der Waals surface area contributed by atoms with E-state index in [1.807, 2.05) is 0 Å². The first kappa shape index (κ1) is 23.7. The first-order valence-electron chi connectivity index (χ1n) is 13.8. The Hall–Kier alpha value is -2.70. The van der Waals surface area contributed by atoms with E-state index in [1.165, 1.54) is 69.9 Å². The van der Waals surface area contributed by atoms with E-state index in [0.717, 1.165) is 61.0 Å². The first-order chi connectivity index (χ1) is 17.4. The number of carboxylic acid groups (broad SMARTS) is 1. The molecular weight excluding hydrogens is 457 g/mol. The predicted molar refractivity (Wildman–Crippen MR) is 135 cm³/mol. The summed E-state index contributed by atoms with van der Waals surface area (Å²) >= 11 is 0. The molecule has 1 aromatic carbocycles. The average Bonchev–Trinajstić information content (AvgIpc) is 3.28. The second-order valence-corrected chi connectivity index (χ2v) is 12.2. The van der Waals surface area contributed by atoms with Crippen molar-refractivity contribution in [2.45, 2.75) is 89.4 Å². The van der Waals surface area contributed by atoms with Crippen LogP contribution in [0.25, 0.3) is 0 Å². The summed E-state index contributed by atoms with van der Waals surface area (Å²) in [6.07, 6.45) is 15.7. The van der Waals surface area contributed by atoms with Crippen molar-refractivity contribution in [2.24, 2.45) is 23.2 Å². The van der Waals surface area contributed by atoms with Crippen LogP contribution in [0, 0.1) is 29.0 Å². The standard InChI is InChI=1S/C29H36FN3O3/c30-22-7-6-21(28(35)36)13-24(22)32-27(34)25-23(31-26(33-25)20-4-2-1-3-5-20)8-9-29-14-17-10-18(15-29)12-19(11-17)16-29/h6-7,13,17-20H,1-5,8-12,14-16H2,(H,31,33)(H,32,34)(H,35,36). The molecule has 6 nitrogen and oxygen atoms in total. The highest BCUT2D eigenvalue weighted by atomic mass is 19.1. The third kappa shape index (κ3) is 4.57. The fourth-order valence-electron chi connectivity index (χ4n) is 8.29. The number of aryl methyl sites for hydroxylation is 1. The van der Waals surface area contributed by atoms with Crippen LogP contribution in [0.4, 0.5) is 10.1 Å². The lowest BCUT2D eigenvalue weighted by molar-refractivity contribution is -0.0570. The number of hydrogen-bond donors (Lipinski definition) is 3. The van der Waals surface area contributed by atoms with E-state index in [9.17, 15) is 19.1 Å². The second kappa shape index (κ2) is 9.31. The van der Waals surface area contributed by atoms with Crippen molar-refractivity contribution < 1.29 is 19.1 Å². The van der Waals surface area contributed by atoms with Gasteiger partial charge in [-0.1, -0.05) is 19.3 Å². The Balaban J connectivity index is 1.25. The predicted octanol–water partition coefficient (Wildman–Crippen LogP) is 6.70. The molecule has 1 amide bonds. The largest absolute Gasteiger partial charge is 0.478 e. The molecule has 5 aliphatic rings. The third-order valence-corrected chi connectivity index (χ3v) is 9.54. The molecule has 192 valence electrons. The summed E-state index contributed by atoms with van der Waals surface area (Å²) in [6, 6.07) is 3.43. The fraction of sp³-hybridized carbons (Fsp3) is 0.621. The highest BCUT2D eigenvalue weighted by molar-refractivity contribution is 6.04. The summed E-state index contributed by atoms with van der Waals surface area (Å²) in [6.45, 7) is 0. The number of anilines is 1. The quantitative estimate of drug-likeness (QED) is 0.400. The number of carboxylic acids is 1. The number of aromatic amines is 1. The van der Waals surface area contributed by atoms with Crippen molar-refractivity contribution in [3.05, 3.63) is 46.8 Å². The monoisotopic (exact) mass is 493 g/mol. The molecule has 7 rings (SSSR count). The fourth-order valence-corrected chi connectivity index (χ4v) is 8.29. The molecule has 1 heterocycles. The Morgan fingerprint density at radius 1 is 1.06 bits per heavy atom. The number of carbonyl (C=O) groups excluding carboxylic acids is 1. The molecular formula is C29H36FN3O3. The number of amides is 1. The molecule has 5 aliphatic carbocycles. The molecule has 0 spiro atoms. The third-order valence-electron chi connectivity index (χ3n) is 9.54. The molecule has 0 aliphatic heterocycles. The normalized spacial score (nSPS) is 29.4. The number of carbonyl (C=O) groups is 2. The number of H-pyrrole nitrogens is 1. The van der Waals surface area contributed by atoms with Crippen LogP contribution < -0.4 is 5.32 Å². The second-order valence-electron chi connectivity index (χ2n) is 12.2. The molecule has 0 radical (unpaired) electrons. The van der Waals surface area contributed by atoms with Crippen molar-refractivity contribution in [1.29, 1.82) is 0 Å². The zero-order valence-corrected chi connectivity index (χ0v) is 20.8. The van der Waals surface area contributed by atoms with Gasteiger partial charge in [0.25, 0.3) is 5.91 Å². The molecule has 7 heteroatoms. The zero-order chi connectivity index (χ0) is 24.9. The molecule has 2 aromatic rings. The van der Waals surface area contributed by atoms with Crippen molar-refractivity contribution in [2.75, 3.05) is 5.32 Å². The van der Waals surface area contributed by atoms with Gasteiger partial charge < -0.3 is 15.4 Å². The van der Waals surface area contributed by atoms with Crippen LogP contribution in [0.1, 0.15) is 115 Å². The minimum Gasteiger partial charge on any atom is -0.478 e. The lowest BCUT2D eigenvalue weighted by atomic mass is 9.48. The lowest BCUT2D eigenvalue weighted by Crippen LogP contribution is -2.46. The molecule has 36 heavy (non-hydrogen) atoms. The van der Waals surface area contributed by atoms with Crippen LogP contribution in [-0.4, -0.2) is 27.0 Å². The first-order valence-corrected chi connectivity index (χ1v) is 13.8. The minimum atomic E-state index is -1.17. The maximum Gasteiger partial charge on any atom is 0.335 e. The van der Waals surface area contributed by atoms with E-state index in [0.29, 0.717) is 17.0 Å². The van der Waals surface area contributed by atoms with Crippen LogP contribution in [0.2, 0.25) is 0 Å². The van der Waals surface area contributed by atoms with Crippen LogP contribution in [0.15, 0.2) is 18.2 Å². The minimum absolute atomic E-state index is 0.0707. The van der Waals surface area contributed by atoms with E-state index in [4.69, 9.17) is 4.98 Å². The number of imidazole rings is 1. The summed E-state index contributed by atoms with van der Waals surface area (Å²) in [4.78, 5) is 33.0. The maximum atomic E-state index is 14.4.